The highest BCUT2D eigenvalue weighted by molar-refractivity contribution is 5.83. The van der Waals surface area contributed by atoms with Crippen LogP contribution in [0.3, 0.4) is 0 Å². The summed E-state index contributed by atoms with van der Waals surface area (Å²) in [5.74, 6) is 0.570. The highest BCUT2D eigenvalue weighted by atomic mass is 16.2. The van der Waals surface area contributed by atoms with Crippen molar-refractivity contribution in [3.8, 4) is 0 Å². The lowest BCUT2D eigenvalue weighted by Gasteiger charge is -2.07. The van der Waals surface area contributed by atoms with Gasteiger partial charge >= 0.3 is 0 Å². The summed E-state index contributed by atoms with van der Waals surface area (Å²) in [4.78, 5) is 22.9. The van der Waals surface area contributed by atoms with E-state index >= 15 is 0 Å². The average molecular weight is 271 g/mol. The predicted molar refractivity (Wildman–Crippen MR) is 77.9 cm³/mol. The van der Waals surface area contributed by atoms with Gasteiger partial charge in [0.05, 0.1) is 0 Å². The second-order valence-electron chi connectivity index (χ2n) is 5.09. The maximum absolute atomic E-state index is 11.5. The Morgan fingerprint density at radius 1 is 0.947 bits per heavy atom. The lowest BCUT2D eigenvalue weighted by molar-refractivity contribution is -0.126. The number of carbonyl (C=O) groups is 2. The zero-order valence-electron chi connectivity index (χ0n) is 12.6. The van der Waals surface area contributed by atoms with Crippen LogP contribution in [0, 0.1) is 5.92 Å². The zero-order valence-corrected chi connectivity index (χ0v) is 12.6. The highest BCUT2D eigenvalue weighted by Gasteiger charge is 2.05. The van der Waals surface area contributed by atoms with E-state index in [9.17, 15) is 9.59 Å². The Morgan fingerprint density at radius 3 is 2.05 bits per heavy atom. The summed E-state index contributed by atoms with van der Waals surface area (Å²) in [5, 5.41) is 8.73. The summed E-state index contributed by atoms with van der Waals surface area (Å²) >= 11 is 0. The summed E-state index contributed by atoms with van der Waals surface area (Å²) in [6, 6.07) is 0. The molecule has 0 radical (unpaired) electrons. The molecule has 0 unspecified atom stereocenters. The van der Waals surface area contributed by atoms with Crippen molar-refractivity contribution < 1.29 is 9.59 Å². The van der Waals surface area contributed by atoms with Crippen molar-refractivity contribution in [3.05, 3.63) is 0 Å². The minimum atomic E-state index is -0.0600. The third-order valence-corrected chi connectivity index (χ3v) is 2.73. The molecule has 3 N–H and O–H groups in total. The summed E-state index contributed by atoms with van der Waals surface area (Å²) in [5.41, 5.74) is 0. The van der Waals surface area contributed by atoms with Crippen LogP contribution in [0.25, 0.3) is 0 Å². The number of carbonyl (C=O) groups excluding carboxylic acids is 2. The van der Waals surface area contributed by atoms with Crippen molar-refractivity contribution in [2.45, 2.75) is 46.5 Å². The topological polar surface area (TPSA) is 70.2 Å². The van der Waals surface area contributed by atoms with Gasteiger partial charge in [0.25, 0.3) is 0 Å². The fraction of sp³-hybridized carbons (Fsp3) is 0.857. The SMILES string of the molecule is CCNCCNC(=O)CCC(=O)NCCCC(C)C. The van der Waals surface area contributed by atoms with Gasteiger partial charge in [-0.1, -0.05) is 20.8 Å². The Bertz CT molecular complexity index is 255. The molecule has 5 heteroatoms. The van der Waals surface area contributed by atoms with Crippen LogP contribution in [0.1, 0.15) is 46.5 Å². The molecule has 0 spiro atoms. The second kappa shape index (κ2) is 12.0. The zero-order chi connectivity index (χ0) is 14.5. The first-order valence-corrected chi connectivity index (χ1v) is 7.30. The van der Waals surface area contributed by atoms with Crippen LogP contribution in [0.15, 0.2) is 0 Å². The van der Waals surface area contributed by atoms with Crippen LogP contribution in [0.4, 0.5) is 0 Å². The van der Waals surface area contributed by atoms with Crippen molar-refractivity contribution >= 4 is 11.8 Å². The van der Waals surface area contributed by atoms with Gasteiger partial charge in [0.1, 0.15) is 0 Å². The summed E-state index contributed by atoms with van der Waals surface area (Å²) < 4.78 is 0. The molecular formula is C14H29N3O2. The van der Waals surface area contributed by atoms with Gasteiger partial charge in [0.15, 0.2) is 0 Å². The van der Waals surface area contributed by atoms with Crippen LogP contribution in [-0.4, -0.2) is 38.0 Å². The molecule has 19 heavy (non-hydrogen) atoms. The van der Waals surface area contributed by atoms with Crippen LogP contribution in [0.5, 0.6) is 0 Å². The molecule has 0 aromatic carbocycles. The van der Waals surface area contributed by atoms with Gasteiger partial charge in [-0.2, -0.15) is 0 Å². The highest BCUT2D eigenvalue weighted by Crippen LogP contribution is 2.01. The first kappa shape index (κ1) is 17.9. The van der Waals surface area contributed by atoms with E-state index in [1.807, 2.05) is 6.92 Å². The number of hydrogen-bond acceptors (Lipinski definition) is 3. The maximum atomic E-state index is 11.5. The van der Waals surface area contributed by atoms with Gasteiger partial charge in [0, 0.05) is 32.5 Å². The van der Waals surface area contributed by atoms with Crippen LogP contribution >= 0.6 is 0 Å². The standard InChI is InChI=1S/C14H29N3O2/c1-4-15-10-11-17-14(19)8-7-13(18)16-9-5-6-12(2)3/h12,15H,4-11H2,1-3H3,(H,16,18)(H,17,19). The van der Waals surface area contributed by atoms with Crippen molar-refractivity contribution in [3.63, 3.8) is 0 Å². The largest absolute Gasteiger partial charge is 0.356 e. The number of rotatable bonds is 11. The number of amides is 2. The molecule has 0 aromatic heterocycles. The van der Waals surface area contributed by atoms with Crippen LogP contribution < -0.4 is 16.0 Å². The van der Waals surface area contributed by atoms with Crippen molar-refractivity contribution in [2.24, 2.45) is 5.92 Å². The second-order valence-corrected chi connectivity index (χ2v) is 5.09. The first-order chi connectivity index (χ1) is 9.06. The van der Waals surface area contributed by atoms with E-state index in [4.69, 9.17) is 0 Å². The Morgan fingerprint density at radius 2 is 1.53 bits per heavy atom. The molecule has 0 saturated heterocycles. The maximum Gasteiger partial charge on any atom is 0.220 e. The minimum absolute atomic E-state index is 0.0365. The van der Waals surface area contributed by atoms with Gasteiger partial charge in [-0.15, -0.1) is 0 Å². The van der Waals surface area contributed by atoms with E-state index in [-0.39, 0.29) is 24.7 Å². The quantitative estimate of drug-likeness (QED) is 0.492. The normalized spacial score (nSPS) is 10.5. The summed E-state index contributed by atoms with van der Waals surface area (Å²) in [6.45, 7) is 9.34. The Labute approximate surface area is 116 Å². The molecule has 112 valence electrons. The van der Waals surface area contributed by atoms with Crippen LogP contribution in [-0.2, 0) is 9.59 Å². The average Bonchev–Trinajstić information content (AvgIpc) is 2.37. The Hall–Kier alpha value is -1.10. The van der Waals surface area contributed by atoms with Gasteiger partial charge in [-0.3, -0.25) is 9.59 Å². The third-order valence-electron chi connectivity index (χ3n) is 2.73. The Kier molecular flexibility index (Phi) is 11.3. The van der Waals surface area contributed by atoms with Crippen molar-refractivity contribution in [1.82, 2.24) is 16.0 Å². The number of nitrogens with one attached hydrogen (secondary N) is 3. The number of hydrogen-bond donors (Lipinski definition) is 3. The van der Waals surface area contributed by atoms with Gasteiger partial charge in [-0.05, 0) is 25.3 Å². The molecule has 0 rings (SSSR count). The molecule has 0 aliphatic carbocycles. The van der Waals surface area contributed by atoms with Crippen molar-refractivity contribution in [1.29, 1.82) is 0 Å². The summed E-state index contributed by atoms with van der Waals surface area (Å²) in [7, 11) is 0. The molecule has 2 amide bonds. The molecule has 0 heterocycles. The molecule has 0 fully saturated rings. The molecule has 0 aromatic rings. The van der Waals surface area contributed by atoms with Crippen LogP contribution in [0.2, 0.25) is 0 Å². The third kappa shape index (κ3) is 13.1. The molecular weight excluding hydrogens is 242 g/mol. The van der Waals surface area contributed by atoms with Gasteiger partial charge in [-0.25, -0.2) is 0 Å². The fourth-order valence-corrected chi connectivity index (χ4v) is 1.61. The Balaban J connectivity index is 3.43. The van der Waals surface area contributed by atoms with E-state index in [1.165, 1.54) is 0 Å². The molecule has 5 nitrogen and oxygen atoms in total. The molecule has 0 aliphatic heterocycles. The first-order valence-electron chi connectivity index (χ1n) is 7.30. The lowest BCUT2D eigenvalue weighted by Crippen LogP contribution is -2.33. The van der Waals surface area contributed by atoms with Gasteiger partial charge in [0.2, 0.25) is 11.8 Å². The van der Waals surface area contributed by atoms with Gasteiger partial charge < -0.3 is 16.0 Å². The smallest absolute Gasteiger partial charge is 0.220 e. The number of likely N-dealkylation sites (N-methyl/N-ethyl adjacent to an activating group) is 1. The molecule has 0 bridgehead atoms. The predicted octanol–water partition coefficient (Wildman–Crippen LogP) is 1.04. The van der Waals surface area contributed by atoms with Crippen molar-refractivity contribution in [2.75, 3.05) is 26.2 Å². The van der Waals surface area contributed by atoms with E-state index in [2.05, 4.69) is 29.8 Å². The molecule has 0 atom stereocenters. The summed E-state index contributed by atoms with van der Waals surface area (Å²) in [6.07, 6.45) is 2.65. The van der Waals surface area contributed by atoms with E-state index in [0.717, 1.165) is 25.9 Å². The monoisotopic (exact) mass is 271 g/mol. The lowest BCUT2D eigenvalue weighted by atomic mass is 10.1. The molecule has 0 saturated carbocycles. The van der Waals surface area contributed by atoms with E-state index in [0.29, 0.717) is 19.0 Å². The fourth-order valence-electron chi connectivity index (χ4n) is 1.61. The van der Waals surface area contributed by atoms with E-state index < -0.39 is 0 Å². The van der Waals surface area contributed by atoms with E-state index in [1.54, 1.807) is 0 Å². The molecule has 0 aliphatic rings. The minimum Gasteiger partial charge on any atom is -0.356 e.